The van der Waals surface area contributed by atoms with E-state index in [9.17, 15) is 13.2 Å². The zero-order chi connectivity index (χ0) is 24.3. The molecule has 3 aromatic carbocycles. The van der Waals surface area contributed by atoms with Crippen molar-refractivity contribution >= 4 is 38.1 Å². The molecule has 0 fully saturated rings. The molecule has 1 heterocycles. The van der Waals surface area contributed by atoms with Gasteiger partial charge in [0.25, 0.3) is 10.0 Å². The first kappa shape index (κ1) is 23.6. The van der Waals surface area contributed by atoms with Crippen LogP contribution >= 0.6 is 11.3 Å². The molecule has 9 heteroatoms. The quantitative estimate of drug-likeness (QED) is 0.393. The van der Waals surface area contributed by atoms with Gasteiger partial charge in [-0.1, -0.05) is 71.5 Å². The van der Waals surface area contributed by atoms with Gasteiger partial charge in [0.2, 0.25) is 11.0 Å². The van der Waals surface area contributed by atoms with E-state index in [2.05, 4.69) is 15.5 Å². The fourth-order valence-electron chi connectivity index (χ4n) is 3.38. The highest BCUT2D eigenvalue weighted by Crippen LogP contribution is 2.29. The highest BCUT2D eigenvalue weighted by atomic mass is 32.2. The van der Waals surface area contributed by atoms with E-state index in [4.69, 9.17) is 0 Å². The summed E-state index contributed by atoms with van der Waals surface area (Å²) < 4.78 is 28.2. The topological polar surface area (TPSA) is 92.3 Å². The van der Waals surface area contributed by atoms with Crippen molar-refractivity contribution in [2.24, 2.45) is 0 Å². The van der Waals surface area contributed by atoms with E-state index in [0.29, 0.717) is 15.8 Å². The molecule has 0 unspecified atom stereocenters. The van der Waals surface area contributed by atoms with Gasteiger partial charge >= 0.3 is 0 Å². The van der Waals surface area contributed by atoms with Gasteiger partial charge in [0.15, 0.2) is 0 Å². The van der Waals surface area contributed by atoms with Crippen LogP contribution in [0.25, 0.3) is 10.6 Å². The lowest BCUT2D eigenvalue weighted by Gasteiger charge is -2.25. The Morgan fingerprint density at radius 2 is 1.59 bits per heavy atom. The smallest absolute Gasteiger partial charge is 0.264 e. The maximum absolute atomic E-state index is 13.5. The molecule has 0 atom stereocenters. The van der Waals surface area contributed by atoms with Crippen LogP contribution in [0.5, 0.6) is 0 Å². The van der Waals surface area contributed by atoms with Gasteiger partial charge in [0.1, 0.15) is 11.6 Å². The summed E-state index contributed by atoms with van der Waals surface area (Å²) in [6.45, 7) is 5.30. The third-order valence-corrected chi connectivity index (χ3v) is 7.88. The van der Waals surface area contributed by atoms with Gasteiger partial charge in [-0.2, -0.15) is 0 Å². The van der Waals surface area contributed by atoms with E-state index in [1.54, 1.807) is 24.3 Å². The van der Waals surface area contributed by atoms with Crippen LogP contribution in [-0.2, 0) is 14.8 Å². The molecule has 1 N–H and O–H groups in total. The van der Waals surface area contributed by atoms with Gasteiger partial charge < -0.3 is 0 Å². The van der Waals surface area contributed by atoms with Gasteiger partial charge in [0, 0.05) is 5.56 Å². The number of carbonyl (C=O) groups is 1. The number of aromatic nitrogens is 2. The van der Waals surface area contributed by atoms with Crippen LogP contribution in [0.2, 0.25) is 0 Å². The summed E-state index contributed by atoms with van der Waals surface area (Å²) in [5.41, 5.74) is 4.12. The first-order chi connectivity index (χ1) is 16.2. The van der Waals surface area contributed by atoms with Crippen LogP contribution in [0, 0.1) is 20.8 Å². The molecule has 1 amide bonds. The van der Waals surface area contributed by atoms with Crippen molar-refractivity contribution in [3.8, 4) is 10.6 Å². The molecule has 1 aromatic heterocycles. The maximum Gasteiger partial charge on any atom is 0.264 e. The van der Waals surface area contributed by atoms with Crippen molar-refractivity contribution in [3.63, 3.8) is 0 Å². The standard InChI is InChI=1S/C25H24N4O3S2/c1-17-10-13-20(14-11-17)24-27-28-25(33-24)26-23(30)16-29(22-15-18(2)9-12-19(22)3)34(31,32)21-7-5-4-6-8-21/h4-15H,16H2,1-3H3,(H,26,28,30). The molecule has 34 heavy (non-hydrogen) atoms. The molecule has 0 aliphatic rings. The van der Waals surface area contributed by atoms with Crippen molar-refractivity contribution in [3.05, 3.63) is 89.5 Å². The lowest BCUT2D eigenvalue weighted by Crippen LogP contribution is -2.38. The van der Waals surface area contributed by atoms with Crippen molar-refractivity contribution in [2.45, 2.75) is 25.7 Å². The summed E-state index contributed by atoms with van der Waals surface area (Å²) in [5, 5.41) is 11.9. The van der Waals surface area contributed by atoms with Crippen LogP contribution in [0.1, 0.15) is 16.7 Å². The van der Waals surface area contributed by atoms with E-state index in [1.165, 1.54) is 23.5 Å². The molecule has 0 bridgehead atoms. The molecular formula is C25H24N4O3S2. The number of benzene rings is 3. The molecule has 4 rings (SSSR count). The summed E-state index contributed by atoms with van der Waals surface area (Å²) in [5.74, 6) is -0.507. The minimum absolute atomic E-state index is 0.112. The minimum Gasteiger partial charge on any atom is -0.299 e. The Bertz CT molecular complexity index is 1420. The Morgan fingerprint density at radius 3 is 2.29 bits per heavy atom. The normalized spacial score (nSPS) is 11.3. The molecule has 7 nitrogen and oxygen atoms in total. The van der Waals surface area contributed by atoms with E-state index in [1.807, 2.05) is 57.2 Å². The second-order valence-corrected chi connectivity index (χ2v) is 10.8. The lowest BCUT2D eigenvalue weighted by molar-refractivity contribution is -0.114. The predicted molar refractivity (Wildman–Crippen MR) is 136 cm³/mol. The number of hydrogen-bond acceptors (Lipinski definition) is 6. The molecular weight excluding hydrogens is 468 g/mol. The second kappa shape index (κ2) is 9.74. The number of nitrogens with one attached hydrogen (secondary N) is 1. The molecule has 174 valence electrons. The third-order valence-electron chi connectivity index (χ3n) is 5.22. The van der Waals surface area contributed by atoms with Crippen LogP contribution in [0.3, 0.4) is 0 Å². The zero-order valence-electron chi connectivity index (χ0n) is 19.0. The summed E-state index contributed by atoms with van der Waals surface area (Å²) in [6.07, 6.45) is 0. The first-order valence-corrected chi connectivity index (χ1v) is 12.8. The molecule has 0 saturated carbocycles. The second-order valence-electron chi connectivity index (χ2n) is 7.94. The SMILES string of the molecule is Cc1ccc(-c2nnc(NC(=O)CN(c3cc(C)ccc3C)S(=O)(=O)c3ccccc3)s2)cc1. The van der Waals surface area contributed by atoms with Crippen LogP contribution < -0.4 is 9.62 Å². The number of aryl methyl sites for hydroxylation is 3. The van der Waals surface area contributed by atoms with Crippen LogP contribution in [-0.4, -0.2) is 31.1 Å². The van der Waals surface area contributed by atoms with Crippen molar-refractivity contribution < 1.29 is 13.2 Å². The fraction of sp³-hybridized carbons (Fsp3) is 0.160. The van der Waals surface area contributed by atoms with Gasteiger partial charge in [-0.15, -0.1) is 10.2 Å². The first-order valence-electron chi connectivity index (χ1n) is 10.6. The highest BCUT2D eigenvalue weighted by Gasteiger charge is 2.28. The molecule has 0 aliphatic carbocycles. The number of anilines is 2. The highest BCUT2D eigenvalue weighted by molar-refractivity contribution is 7.92. The van der Waals surface area contributed by atoms with E-state index < -0.39 is 22.5 Å². The number of rotatable bonds is 7. The van der Waals surface area contributed by atoms with Gasteiger partial charge in [0.05, 0.1) is 10.6 Å². The van der Waals surface area contributed by atoms with E-state index in [0.717, 1.165) is 26.6 Å². The zero-order valence-corrected chi connectivity index (χ0v) is 20.7. The number of sulfonamides is 1. The lowest BCUT2D eigenvalue weighted by atomic mass is 10.1. The predicted octanol–water partition coefficient (Wildman–Crippen LogP) is 4.96. The van der Waals surface area contributed by atoms with Crippen LogP contribution in [0.15, 0.2) is 77.7 Å². The maximum atomic E-state index is 13.5. The average molecular weight is 493 g/mol. The van der Waals surface area contributed by atoms with Gasteiger partial charge in [-0.3, -0.25) is 14.4 Å². The molecule has 0 saturated heterocycles. The van der Waals surface area contributed by atoms with Crippen LogP contribution in [0.4, 0.5) is 10.8 Å². The molecule has 0 aliphatic heterocycles. The summed E-state index contributed by atoms with van der Waals surface area (Å²) in [6, 6.07) is 21.4. The molecule has 0 radical (unpaired) electrons. The van der Waals surface area contributed by atoms with E-state index in [-0.39, 0.29) is 4.90 Å². The van der Waals surface area contributed by atoms with Crippen molar-refractivity contribution in [2.75, 3.05) is 16.2 Å². The number of nitrogens with zero attached hydrogens (tertiary/aromatic N) is 3. The fourth-order valence-corrected chi connectivity index (χ4v) is 5.65. The number of carbonyl (C=O) groups excluding carboxylic acids is 1. The monoisotopic (exact) mass is 492 g/mol. The number of amides is 1. The summed E-state index contributed by atoms with van der Waals surface area (Å²) >= 11 is 1.23. The third kappa shape index (κ3) is 5.16. The van der Waals surface area contributed by atoms with Crippen molar-refractivity contribution in [1.82, 2.24) is 10.2 Å². The Balaban J connectivity index is 1.61. The Labute approximate surface area is 203 Å². The van der Waals surface area contributed by atoms with Gasteiger partial charge in [-0.25, -0.2) is 8.42 Å². The minimum atomic E-state index is -3.98. The Hall–Kier alpha value is -3.56. The van der Waals surface area contributed by atoms with Gasteiger partial charge in [-0.05, 0) is 50.1 Å². The van der Waals surface area contributed by atoms with Crippen molar-refractivity contribution in [1.29, 1.82) is 0 Å². The Morgan fingerprint density at radius 1 is 0.912 bits per heavy atom. The Kier molecular flexibility index (Phi) is 6.76. The summed E-state index contributed by atoms with van der Waals surface area (Å²) in [7, 11) is -3.98. The number of hydrogen-bond donors (Lipinski definition) is 1. The van der Waals surface area contributed by atoms with E-state index >= 15 is 0 Å². The molecule has 4 aromatic rings. The largest absolute Gasteiger partial charge is 0.299 e. The molecule has 0 spiro atoms. The summed E-state index contributed by atoms with van der Waals surface area (Å²) in [4.78, 5) is 13.1. The average Bonchev–Trinajstić information content (AvgIpc) is 3.28.